The first-order chi connectivity index (χ1) is 13.3. The van der Waals surface area contributed by atoms with Crippen molar-refractivity contribution in [3.8, 4) is 0 Å². The summed E-state index contributed by atoms with van der Waals surface area (Å²) in [6.45, 7) is 14.5. The molecule has 0 saturated carbocycles. The molecule has 166 valence electrons. The lowest BCUT2D eigenvalue weighted by Gasteiger charge is -2.08. The molecule has 0 bridgehead atoms. The average Bonchev–Trinajstić information content (AvgIpc) is 2.69. The monoisotopic (exact) mass is 397 g/mol. The van der Waals surface area contributed by atoms with Crippen molar-refractivity contribution < 1.29 is 34.6 Å². The molecule has 0 aromatic rings. The van der Waals surface area contributed by atoms with Gasteiger partial charge in [-0.3, -0.25) is 4.79 Å². The first kappa shape index (κ1) is 28.4. The van der Waals surface area contributed by atoms with Gasteiger partial charge in [0.25, 0.3) is 0 Å². The van der Waals surface area contributed by atoms with Crippen molar-refractivity contribution >= 4 is 5.91 Å². The van der Waals surface area contributed by atoms with Gasteiger partial charge in [0, 0.05) is 21.2 Å². The Bertz CT molecular complexity index is 287. The summed E-state index contributed by atoms with van der Waals surface area (Å²) in [5, 5.41) is 2.71. The van der Waals surface area contributed by atoms with Crippen LogP contribution in [0, 0.1) is 0 Å². The number of hydrogen-bond donors (Lipinski definition) is 1. The molecule has 0 rings (SSSR count). The van der Waals surface area contributed by atoms with Gasteiger partial charge in [-0.05, 0) is 13.3 Å². The third-order valence-electron chi connectivity index (χ3n) is 2.84. The number of hydrogen-bond acceptors (Lipinski definition) is 7. The molecule has 0 unspecified atom stereocenters. The molecule has 27 heavy (non-hydrogen) atoms. The number of amides is 1. The molecule has 0 spiro atoms. The van der Waals surface area contributed by atoms with Crippen LogP contribution >= 0.6 is 0 Å². The minimum atomic E-state index is -0.163. The van der Waals surface area contributed by atoms with Crippen LogP contribution in [0.25, 0.3) is 0 Å². The van der Waals surface area contributed by atoms with E-state index in [1.54, 1.807) is 0 Å². The molecule has 0 aromatic carbocycles. The Morgan fingerprint density at radius 2 is 1.11 bits per heavy atom. The van der Waals surface area contributed by atoms with Crippen LogP contribution < -0.4 is 5.32 Å². The van der Waals surface area contributed by atoms with Crippen LogP contribution in [0.5, 0.6) is 0 Å². The molecule has 8 heteroatoms. The van der Waals surface area contributed by atoms with Crippen LogP contribution in [0.15, 0.2) is 0 Å². The molecule has 0 aliphatic heterocycles. The standard InChI is InChI=1S/C17H35NO7.C2H6.H2/c1-3-6-21-10-11-23-12-13-24-14-15-25-16-17(19)18-5-7-22-9-8-20-4-2;1-2;/h3-16H2,1-2H3,(H,18,19);1-2H3;1H. The molecule has 0 aliphatic carbocycles. The molecule has 0 radical (unpaired) electrons. The van der Waals surface area contributed by atoms with Gasteiger partial charge in [-0.15, -0.1) is 0 Å². The van der Waals surface area contributed by atoms with E-state index in [4.69, 9.17) is 28.4 Å². The molecule has 1 amide bonds. The summed E-state index contributed by atoms with van der Waals surface area (Å²) < 4.78 is 31.6. The van der Waals surface area contributed by atoms with Crippen molar-refractivity contribution in [3.05, 3.63) is 0 Å². The Labute approximate surface area is 166 Å². The van der Waals surface area contributed by atoms with Gasteiger partial charge in [0.2, 0.25) is 5.91 Å². The first-order valence-corrected chi connectivity index (χ1v) is 10.0. The van der Waals surface area contributed by atoms with Crippen molar-refractivity contribution in [3.63, 3.8) is 0 Å². The highest BCUT2D eigenvalue weighted by Crippen LogP contribution is 1.84. The number of carbonyl (C=O) groups is 1. The van der Waals surface area contributed by atoms with E-state index in [2.05, 4.69) is 12.2 Å². The fourth-order valence-corrected chi connectivity index (χ4v) is 1.65. The van der Waals surface area contributed by atoms with Crippen LogP contribution in [0.2, 0.25) is 0 Å². The number of carbonyl (C=O) groups excluding carboxylic acids is 1. The van der Waals surface area contributed by atoms with Crippen molar-refractivity contribution in [2.75, 3.05) is 85.8 Å². The molecular weight excluding hydrogens is 354 g/mol. The molecule has 0 heterocycles. The van der Waals surface area contributed by atoms with Crippen molar-refractivity contribution in [2.24, 2.45) is 0 Å². The van der Waals surface area contributed by atoms with E-state index in [0.29, 0.717) is 72.6 Å². The summed E-state index contributed by atoms with van der Waals surface area (Å²) in [4.78, 5) is 11.5. The zero-order valence-electron chi connectivity index (χ0n) is 17.8. The van der Waals surface area contributed by atoms with Crippen LogP contribution in [0.1, 0.15) is 35.5 Å². The predicted octanol–water partition coefficient (Wildman–Crippen LogP) is 1.90. The summed E-state index contributed by atoms with van der Waals surface area (Å²) >= 11 is 0. The second kappa shape index (κ2) is 27.4. The number of ether oxygens (including phenoxy) is 6. The van der Waals surface area contributed by atoms with Crippen molar-refractivity contribution in [1.82, 2.24) is 5.32 Å². The number of nitrogens with one attached hydrogen (secondary N) is 1. The van der Waals surface area contributed by atoms with E-state index in [1.165, 1.54) is 0 Å². The lowest BCUT2D eigenvalue weighted by atomic mass is 10.5. The maximum atomic E-state index is 11.5. The molecule has 0 atom stereocenters. The predicted molar refractivity (Wildman–Crippen MR) is 107 cm³/mol. The van der Waals surface area contributed by atoms with Crippen molar-refractivity contribution in [2.45, 2.75) is 34.1 Å². The fraction of sp³-hybridized carbons (Fsp3) is 0.947. The minimum Gasteiger partial charge on any atom is -0.379 e. The second-order valence-electron chi connectivity index (χ2n) is 5.05. The fourth-order valence-electron chi connectivity index (χ4n) is 1.65. The Balaban J connectivity index is -0.00000201. The topological polar surface area (TPSA) is 84.5 Å². The second-order valence-corrected chi connectivity index (χ2v) is 5.05. The van der Waals surface area contributed by atoms with Crippen LogP contribution in [0.3, 0.4) is 0 Å². The maximum Gasteiger partial charge on any atom is 0.246 e. The SMILES string of the molecule is CC.CCCOCCOCCOCCOCC(=O)NCCOCCOCC.[HH]. The highest BCUT2D eigenvalue weighted by atomic mass is 16.6. The third-order valence-corrected chi connectivity index (χ3v) is 2.84. The Kier molecular flexibility index (Phi) is 28.9. The highest BCUT2D eigenvalue weighted by molar-refractivity contribution is 5.77. The highest BCUT2D eigenvalue weighted by Gasteiger charge is 2.00. The van der Waals surface area contributed by atoms with Crippen LogP contribution in [0.4, 0.5) is 0 Å². The summed E-state index contributed by atoms with van der Waals surface area (Å²) in [6, 6.07) is 0. The molecule has 1 N–H and O–H groups in total. The van der Waals surface area contributed by atoms with Gasteiger partial charge in [-0.2, -0.15) is 0 Å². The minimum absolute atomic E-state index is 0. The zero-order valence-corrected chi connectivity index (χ0v) is 17.8. The Morgan fingerprint density at radius 3 is 1.63 bits per heavy atom. The first-order valence-electron chi connectivity index (χ1n) is 10.0. The number of rotatable bonds is 20. The summed E-state index contributed by atoms with van der Waals surface area (Å²) in [6.07, 6.45) is 1.02. The molecular formula is C19H43NO7. The van der Waals surface area contributed by atoms with Gasteiger partial charge in [0.15, 0.2) is 0 Å². The van der Waals surface area contributed by atoms with E-state index in [1.807, 2.05) is 20.8 Å². The largest absolute Gasteiger partial charge is 0.379 e. The van der Waals surface area contributed by atoms with Crippen molar-refractivity contribution in [1.29, 1.82) is 0 Å². The van der Waals surface area contributed by atoms with Gasteiger partial charge in [0.1, 0.15) is 6.61 Å². The molecule has 0 aliphatic rings. The molecule has 0 fully saturated rings. The van der Waals surface area contributed by atoms with E-state index in [9.17, 15) is 4.79 Å². The van der Waals surface area contributed by atoms with E-state index < -0.39 is 0 Å². The van der Waals surface area contributed by atoms with E-state index in [-0.39, 0.29) is 13.9 Å². The van der Waals surface area contributed by atoms with Gasteiger partial charge >= 0.3 is 0 Å². The van der Waals surface area contributed by atoms with E-state index >= 15 is 0 Å². The molecule has 8 nitrogen and oxygen atoms in total. The third kappa shape index (κ3) is 27.6. The summed E-state index contributed by atoms with van der Waals surface area (Å²) in [5.41, 5.74) is 0. The van der Waals surface area contributed by atoms with Gasteiger partial charge in [-0.1, -0.05) is 20.8 Å². The lowest BCUT2D eigenvalue weighted by molar-refractivity contribution is -0.126. The summed E-state index contributed by atoms with van der Waals surface area (Å²) in [5.74, 6) is -0.163. The summed E-state index contributed by atoms with van der Waals surface area (Å²) in [7, 11) is 0. The Morgan fingerprint density at radius 1 is 0.667 bits per heavy atom. The maximum absolute atomic E-state index is 11.5. The van der Waals surface area contributed by atoms with Gasteiger partial charge in [0.05, 0.1) is 59.5 Å². The zero-order chi connectivity index (χ0) is 20.4. The van der Waals surface area contributed by atoms with Crippen LogP contribution in [-0.2, 0) is 33.2 Å². The van der Waals surface area contributed by atoms with Gasteiger partial charge < -0.3 is 33.7 Å². The average molecular weight is 398 g/mol. The quantitative estimate of drug-likeness (QED) is 0.314. The van der Waals surface area contributed by atoms with Crippen LogP contribution in [-0.4, -0.2) is 91.7 Å². The van der Waals surface area contributed by atoms with E-state index in [0.717, 1.165) is 13.0 Å². The normalized spacial score (nSPS) is 10.4. The Hall–Kier alpha value is -0.770. The van der Waals surface area contributed by atoms with Gasteiger partial charge in [-0.25, -0.2) is 0 Å². The smallest absolute Gasteiger partial charge is 0.246 e. The lowest BCUT2D eigenvalue weighted by Crippen LogP contribution is -2.31. The molecule has 0 saturated heterocycles. The molecule has 0 aromatic heterocycles.